The van der Waals surface area contributed by atoms with Crippen LogP contribution < -0.4 is 0 Å². The number of nitrogens with one attached hydrogen (secondary N) is 1. The minimum atomic E-state index is -2.58. The number of fused-ring (bicyclic) bond motifs is 1. The summed E-state index contributed by atoms with van der Waals surface area (Å²) in [6, 6.07) is 5.39. The summed E-state index contributed by atoms with van der Waals surface area (Å²) in [5, 5.41) is 11.0. The molecule has 2 aliphatic heterocycles. The molecule has 1 aromatic carbocycles. The zero-order chi connectivity index (χ0) is 19.8. The van der Waals surface area contributed by atoms with Gasteiger partial charge >= 0.3 is 0 Å². The third-order valence-corrected chi connectivity index (χ3v) is 5.98. The van der Waals surface area contributed by atoms with E-state index in [0.717, 1.165) is 11.0 Å². The average molecular weight is 392 g/mol. The van der Waals surface area contributed by atoms with Crippen molar-refractivity contribution in [2.75, 3.05) is 32.7 Å². The number of β-amino-alcohol motifs (C(OH)–C–C–N with tert-alkyl or cyclic N) is 1. The van der Waals surface area contributed by atoms with Crippen molar-refractivity contribution in [3.8, 4) is 0 Å². The van der Waals surface area contributed by atoms with E-state index in [9.17, 15) is 18.7 Å². The molecule has 152 valence electrons. The number of halogens is 2. The molecule has 0 saturated carbocycles. The number of likely N-dealkylation sites (tertiary alicyclic amines) is 2. The van der Waals surface area contributed by atoms with Gasteiger partial charge in [0, 0.05) is 51.1 Å². The number of hydrogen-bond acceptors (Lipinski definition) is 4. The number of amides is 1. The van der Waals surface area contributed by atoms with E-state index in [1.165, 1.54) is 0 Å². The van der Waals surface area contributed by atoms with Crippen LogP contribution in [0.1, 0.15) is 42.5 Å². The Morgan fingerprint density at radius 3 is 2.71 bits per heavy atom. The van der Waals surface area contributed by atoms with Crippen molar-refractivity contribution in [3.63, 3.8) is 0 Å². The number of piperidine rings is 1. The molecule has 1 atom stereocenters. The van der Waals surface area contributed by atoms with Gasteiger partial charge in [-0.3, -0.25) is 4.79 Å². The molecule has 0 unspecified atom stereocenters. The summed E-state index contributed by atoms with van der Waals surface area (Å²) in [7, 11) is 0. The van der Waals surface area contributed by atoms with E-state index < -0.39 is 11.5 Å². The zero-order valence-electron chi connectivity index (χ0n) is 15.8. The van der Waals surface area contributed by atoms with Crippen LogP contribution in [0, 0.1) is 0 Å². The molecule has 8 heteroatoms. The van der Waals surface area contributed by atoms with Gasteiger partial charge in [0.15, 0.2) is 0 Å². The second-order valence-corrected chi connectivity index (χ2v) is 8.14. The fourth-order valence-electron chi connectivity index (χ4n) is 4.25. The van der Waals surface area contributed by atoms with Crippen molar-refractivity contribution in [3.05, 3.63) is 30.1 Å². The number of nitrogens with zero attached hydrogens (tertiary/aromatic N) is 3. The molecule has 1 amide bonds. The lowest BCUT2D eigenvalue weighted by Gasteiger charge is -2.37. The maximum atomic E-state index is 13.4. The summed E-state index contributed by atoms with van der Waals surface area (Å²) in [6.07, 6.45) is 3.02. The minimum Gasteiger partial charge on any atom is -0.388 e. The highest BCUT2D eigenvalue weighted by atomic mass is 19.3. The van der Waals surface area contributed by atoms with E-state index in [1.807, 2.05) is 11.0 Å². The fourth-order valence-corrected chi connectivity index (χ4v) is 4.25. The molecule has 0 aliphatic carbocycles. The highest BCUT2D eigenvalue weighted by Crippen LogP contribution is 2.31. The second-order valence-electron chi connectivity index (χ2n) is 8.14. The third-order valence-electron chi connectivity index (χ3n) is 5.98. The number of imidazole rings is 1. The number of hydrogen-bond donors (Lipinski definition) is 2. The molecule has 0 bridgehead atoms. The first kappa shape index (κ1) is 19.3. The van der Waals surface area contributed by atoms with Gasteiger partial charge in [0.2, 0.25) is 0 Å². The van der Waals surface area contributed by atoms with E-state index in [4.69, 9.17) is 0 Å². The van der Waals surface area contributed by atoms with Gasteiger partial charge in [0.1, 0.15) is 0 Å². The Kier molecular flexibility index (Phi) is 5.09. The first-order chi connectivity index (χ1) is 13.3. The lowest BCUT2D eigenvalue weighted by Crippen LogP contribution is -2.48. The molecule has 2 N–H and O–H groups in total. The molecule has 1 aromatic heterocycles. The van der Waals surface area contributed by atoms with Gasteiger partial charge in [-0.25, -0.2) is 13.8 Å². The highest BCUT2D eigenvalue weighted by molar-refractivity contribution is 5.97. The lowest BCUT2D eigenvalue weighted by molar-refractivity contribution is -0.0768. The Hall–Kier alpha value is -2.06. The number of aromatic amines is 1. The number of alkyl halides is 2. The monoisotopic (exact) mass is 392 g/mol. The number of carbonyl (C=O) groups excluding carboxylic acids is 1. The molecule has 3 heterocycles. The summed E-state index contributed by atoms with van der Waals surface area (Å²) in [6.45, 7) is 2.05. The molecule has 2 aliphatic rings. The van der Waals surface area contributed by atoms with E-state index in [-0.39, 0.29) is 18.7 Å². The largest absolute Gasteiger partial charge is 0.388 e. The molecule has 6 nitrogen and oxygen atoms in total. The molecule has 28 heavy (non-hydrogen) atoms. The number of aromatic nitrogens is 2. The SMILES string of the molecule is O=C(c1ccc2nc[nH]c2c1)N1CCC[C@](O)(CN2CCC(F)(F)CC2)CC1. The van der Waals surface area contributed by atoms with Crippen LogP contribution >= 0.6 is 0 Å². The van der Waals surface area contributed by atoms with Crippen molar-refractivity contribution in [2.45, 2.75) is 43.6 Å². The normalized spacial score (nSPS) is 26.3. The molecule has 0 spiro atoms. The van der Waals surface area contributed by atoms with Gasteiger partial charge in [0.05, 0.1) is 23.0 Å². The van der Waals surface area contributed by atoms with Crippen molar-refractivity contribution in [1.29, 1.82) is 0 Å². The van der Waals surface area contributed by atoms with Gasteiger partial charge in [-0.15, -0.1) is 0 Å². The average Bonchev–Trinajstić information content (AvgIpc) is 3.05. The topological polar surface area (TPSA) is 72.5 Å². The molecule has 2 saturated heterocycles. The van der Waals surface area contributed by atoms with Crippen LogP contribution in [0.4, 0.5) is 8.78 Å². The standard InChI is InChI=1S/C20H26F2N4O2/c21-20(22)6-9-25(10-7-20)13-19(28)4-1-8-26(11-5-19)18(27)15-2-3-16-17(12-15)24-14-23-16/h2-3,12,14,28H,1,4-11,13H2,(H,23,24)/t19-/m1/s1. The Morgan fingerprint density at radius 2 is 1.93 bits per heavy atom. The van der Waals surface area contributed by atoms with E-state index in [2.05, 4.69) is 9.97 Å². The van der Waals surface area contributed by atoms with Crippen molar-refractivity contribution >= 4 is 16.9 Å². The van der Waals surface area contributed by atoms with Crippen LogP contribution in [0.15, 0.2) is 24.5 Å². The van der Waals surface area contributed by atoms with Gasteiger partial charge in [-0.05, 0) is 37.5 Å². The summed E-state index contributed by atoms with van der Waals surface area (Å²) in [5.41, 5.74) is 1.29. The molecule has 2 aromatic rings. The summed E-state index contributed by atoms with van der Waals surface area (Å²) in [4.78, 5) is 23.8. The molecule has 0 radical (unpaired) electrons. The zero-order valence-corrected chi connectivity index (χ0v) is 15.8. The predicted octanol–water partition coefficient (Wildman–Crippen LogP) is 2.65. The fraction of sp³-hybridized carbons (Fsp3) is 0.600. The number of H-pyrrole nitrogens is 1. The van der Waals surface area contributed by atoms with Crippen LogP contribution in [0.2, 0.25) is 0 Å². The summed E-state index contributed by atoms with van der Waals surface area (Å²) < 4.78 is 26.7. The number of carbonyl (C=O) groups is 1. The molecular weight excluding hydrogens is 366 g/mol. The van der Waals surface area contributed by atoms with Crippen LogP contribution in [-0.2, 0) is 0 Å². The summed E-state index contributed by atoms with van der Waals surface area (Å²) in [5.74, 6) is -2.64. The van der Waals surface area contributed by atoms with Gasteiger partial charge in [0.25, 0.3) is 11.8 Å². The first-order valence-electron chi connectivity index (χ1n) is 9.89. The van der Waals surface area contributed by atoms with Crippen LogP contribution in [0.3, 0.4) is 0 Å². The van der Waals surface area contributed by atoms with Crippen molar-refractivity contribution < 1.29 is 18.7 Å². The van der Waals surface area contributed by atoms with E-state index in [1.54, 1.807) is 23.4 Å². The molecular formula is C20H26F2N4O2. The number of rotatable bonds is 3. The van der Waals surface area contributed by atoms with E-state index in [0.29, 0.717) is 57.5 Å². The smallest absolute Gasteiger partial charge is 0.253 e. The highest BCUT2D eigenvalue weighted by Gasteiger charge is 2.38. The Balaban J connectivity index is 1.38. The predicted molar refractivity (Wildman–Crippen MR) is 101 cm³/mol. The third kappa shape index (κ3) is 4.17. The Labute approximate surface area is 162 Å². The molecule has 2 fully saturated rings. The maximum absolute atomic E-state index is 13.4. The first-order valence-corrected chi connectivity index (χ1v) is 9.89. The summed E-state index contributed by atoms with van der Waals surface area (Å²) >= 11 is 0. The quantitative estimate of drug-likeness (QED) is 0.842. The Bertz CT molecular complexity index is 846. The van der Waals surface area contributed by atoms with Crippen molar-refractivity contribution in [2.24, 2.45) is 0 Å². The van der Waals surface area contributed by atoms with Crippen molar-refractivity contribution in [1.82, 2.24) is 19.8 Å². The number of aliphatic hydroxyl groups is 1. The maximum Gasteiger partial charge on any atom is 0.253 e. The second kappa shape index (κ2) is 7.40. The van der Waals surface area contributed by atoms with Crippen LogP contribution in [0.25, 0.3) is 11.0 Å². The van der Waals surface area contributed by atoms with Gasteiger partial charge in [-0.1, -0.05) is 0 Å². The van der Waals surface area contributed by atoms with E-state index >= 15 is 0 Å². The number of benzene rings is 1. The van der Waals surface area contributed by atoms with Crippen LogP contribution in [-0.4, -0.2) is 75.0 Å². The lowest BCUT2D eigenvalue weighted by atomic mass is 9.93. The minimum absolute atomic E-state index is 0.0571. The van der Waals surface area contributed by atoms with Gasteiger partial charge in [-0.2, -0.15) is 0 Å². The Morgan fingerprint density at radius 1 is 1.14 bits per heavy atom. The van der Waals surface area contributed by atoms with Crippen LogP contribution in [0.5, 0.6) is 0 Å². The van der Waals surface area contributed by atoms with Gasteiger partial charge < -0.3 is 19.9 Å². The molecule has 4 rings (SSSR count).